The summed E-state index contributed by atoms with van der Waals surface area (Å²) >= 11 is 0. The minimum atomic E-state index is -0.0653. The van der Waals surface area contributed by atoms with E-state index in [1.807, 2.05) is 6.92 Å². The summed E-state index contributed by atoms with van der Waals surface area (Å²) in [4.78, 5) is 11.7. The van der Waals surface area contributed by atoms with Crippen molar-refractivity contribution in [3.8, 4) is 0 Å². The molecule has 0 bridgehead atoms. The van der Waals surface area contributed by atoms with Crippen LogP contribution in [0.1, 0.15) is 61.6 Å². The Morgan fingerprint density at radius 2 is 2.11 bits per heavy atom. The lowest BCUT2D eigenvalue weighted by Crippen LogP contribution is -2.17. The molecular weight excluding hydrogens is 224 g/mol. The third-order valence-electron chi connectivity index (χ3n) is 3.88. The highest BCUT2D eigenvalue weighted by Gasteiger charge is 2.26. The molecule has 0 saturated heterocycles. The quantitative estimate of drug-likeness (QED) is 0.755. The maximum Gasteiger partial charge on any atom is 0.306 e. The molecule has 0 aromatic heterocycles. The fraction of sp³-hybridized carbons (Fsp3) is 0.562. The van der Waals surface area contributed by atoms with Gasteiger partial charge < -0.3 is 4.74 Å². The zero-order chi connectivity index (χ0) is 13.1. The molecule has 0 unspecified atom stereocenters. The van der Waals surface area contributed by atoms with Gasteiger partial charge in [-0.2, -0.15) is 0 Å². The molecule has 2 rings (SSSR count). The Balaban J connectivity index is 2.22. The number of carbonyl (C=O) groups excluding carboxylic acids is 1. The van der Waals surface area contributed by atoms with Gasteiger partial charge in [0, 0.05) is 0 Å². The van der Waals surface area contributed by atoms with Crippen LogP contribution in [0.15, 0.2) is 18.2 Å². The van der Waals surface area contributed by atoms with Gasteiger partial charge in [-0.05, 0) is 49.7 Å². The molecule has 2 atom stereocenters. The third kappa shape index (κ3) is 2.74. The Kier molecular flexibility index (Phi) is 4.05. The topological polar surface area (TPSA) is 26.3 Å². The second kappa shape index (κ2) is 5.55. The van der Waals surface area contributed by atoms with E-state index < -0.39 is 0 Å². The smallest absolute Gasteiger partial charge is 0.306 e. The Bertz CT molecular complexity index is 437. The minimum absolute atomic E-state index is 0.0653. The van der Waals surface area contributed by atoms with E-state index in [4.69, 9.17) is 4.74 Å². The molecule has 0 radical (unpaired) electrons. The average molecular weight is 246 g/mol. The van der Waals surface area contributed by atoms with Gasteiger partial charge in [0.1, 0.15) is 0 Å². The third-order valence-corrected chi connectivity index (χ3v) is 3.88. The maximum atomic E-state index is 11.7. The highest BCUT2D eigenvalue weighted by Crippen LogP contribution is 2.40. The van der Waals surface area contributed by atoms with Crippen molar-refractivity contribution < 1.29 is 9.53 Å². The van der Waals surface area contributed by atoms with Crippen LogP contribution in [0.4, 0.5) is 0 Å². The monoisotopic (exact) mass is 246 g/mol. The number of carbonyl (C=O) groups is 1. The van der Waals surface area contributed by atoms with Crippen LogP contribution >= 0.6 is 0 Å². The summed E-state index contributed by atoms with van der Waals surface area (Å²) in [6.45, 7) is 6.72. The van der Waals surface area contributed by atoms with Crippen LogP contribution in [0.3, 0.4) is 0 Å². The first-order valence-electron chi connectivity index (χ1n) is 6.88. The minimum Gasteiger partial charge on any atom is -0.466 e. The summed E-state index contributed by atoms with van der Waals surface area (Å²) in [6, 6.07) is 6.64. The summed E-state index contributed by atoms with van der Waals surface area (Å²) < 4.78 is 5.08. The van der Waals surface area contributed by atoms with Crippen LogP contribution in [0.2, 0.25) is 0 Å². The van der Waals surface area contributed by atoms with Gasteiger partial charge in [-0.3, -0.25) is 4.79 Å². The number of hydrogen-bond donors (Lipinski definition) is 0. The van der Waals surface area contributed by atoms with Gasteiger partial charge in [-0.15, -0.1) is 0 Å². The highest BCUT2D eigenvalue weighted by molar-refractivity contribution is 5.70. The lowest BCUT2D eigenvalue weighted by Gasteiger charge is -2.29. The molecule has 0 spiro atoms. The SMILES string of the molecule is CCOC(=O)C[C@@H]1CC[C@H](C)c2ccc(C)cc21. The van der Waals surface area contributed by atoms with Crippen molar-refractivity contribution in [3.05, 3.63) is 34.9 Å². The van der Waals surface area contributed by atoms with E-state index >= 15 is 0 Å². The van der Waals surface area contributed by atoms with Crippen LogP contribution < -0.4 is 0 Å². The van der Waals surface area contributed by atoms with Crippen LogP contribution in [-0.2, 0) is 9.53 Å². The van der Waals surface area contributed by atoms with Crippen LogP contribution in [-0.4, -0.2) is 12.6 Å². The number of benzene rings is 1. The molecule has 1 aliphatic rings. The molecule has 0 aliphatic heterocycles. The van der Waals surface area contributed by atoms with Crippen molar-refractivity contribution in [2.45, 2.75) is 51.9 Å². The first-order chi connectivity index (χ1) is 8.61. The molecule has 0 saturated carbocycles. The molecule has 0 N–H and O–H groups in total. The molecule has 1 aromatic carbocycles. The van der Waals surface area contributed by atoms with Gasteiger partial charge in [0.2, 0.25) is 0 Å². The van der Waals surface area contributed by atoms with Gasteiger partial charge >= 0.3 is 5.97 Å². The van der Waals surface area contributed by atoms with Crippen molar-refractivity contribution in [2.75, 3.05) is 6.61 Å². The lowest BCUT2D eigenvalue weighted by molar-refractivity contribution is -0.143. The normalized spacial score (nSPS) is 22.4. The van der Waals surface area contributed by atoms with E-state index in [9.17, 15) is 4.79 Å². The largest absolute Gasteiger partial charge is 0.466 e. The molecule has 98 valence electrons. The second-order valence-electron chi connectivity index (χ2n) is 5.32. The Morgan fingerprint density at radius 3 is 2.83 bits per heavy atom. The zero-order valence-corrected chi connectivity index (χ0v) is 11.5. The summed E-state index contributed by atoms with van der Waals surface area (Å²) in [5.74, 6) is 0.888. The number of fused-ring (bicyclic) bond motifs is 1. The average Bonchev–Trinajstić information content (AvgIpc) is 2.33. The number of esters is 1. The fourth-order valence-electron chi connectivity index (χ4n) is 2.89. The van der Waals surface area contributed by atoms with E-state index in [-0.39, 0.29) is 5.97 Å². The van der Waals surface area contributed by atoms with E-state index in [0.717, 1.165) is 6.42 Å². The van der Waals surface area contributed by atoms with Crippen LogP contribution in [0.25, 0.3) is 0 Å². The molecule has 2 heteroatoms. The van der Waals surface area contributed by atoms with Gasteiger partial charge in [-0.25, -0.2) is 0 Å². The molecule has 1 aromatic rings. The number of rotatable bonds is 3. The molecular formula is C16H22O2. The van der Waals surface area contributed by atoms with E-state index in [1.165, 1.54) is 23.1 Å². The summed E-state index contributed by atoms with van der Waals surface area (Å²) in [5, 5.41) is 0. The fourth-order valence-corrected chi connectivity index (χ4v) is 2.89. The first-order valence-corrected chi connectivity index (χ1v) is 6.88. The van der Waals surface area contributed by atoms with Crippen molar-refractivity contribution in [2.24, 2.45) is 0 Å². The van der Waals surface area contributed by atoms with E-state index in [0.29, 0.717) is 24.9 Å². The van der Waals surface area contributed by atoms with E-state index in [2.05, 4.69) is 32.0 Å². The Hall–Kier alpha value is -1.31. The first kappa shape index (κ1) is 13.1. The van der Waals surface area contributed by atoms with Crippen molar-refractivity contribution in [1.29, 1.82) is 0 Å². The standard InChI is InChI=1S/C16H22O2/c1-4-18-16(17)10-13-7-6-12(3)14-8-5-11(2)9-15(13)14/h5,8-9,12-13H,4,6-7,10H2,1-3H3/t12-,13-/m0/s1. The molecule has 2 nitrogen and oxygen atoms in total. The molecule has 0 heterocycles. The molecule has 1 aliphatic carbocycles. The highest BCUT2D eigenvalue weighted by atomic mass is 16.5. The number of aryl methyl sites for hydroxylation is 1. The van der Waals surface area contributed by atoms with E-state index in [1.54, 1.807) is 0 Å². The predicted molar refractivity (Wildman–Crippen MR) is 72.8 cm³/mol. The maximum absolute atomic E-state index is 11.7. The summed E-state index contributed by atoms with van der Waals surface area (Å²) in [6.07, 6.45) is 2.79. The van der Waals surface area contributed by atoms with Crippen molar-refractivity contribution in [1.82, 2.24) is 0 Å². The summed E-state index contributed by atoms with van der Waals surface area (Å²) in [7, 11) is 0. The van der Waals surface area contributed by atoms with Crippen molar-refractivity contribution in [3.63, 3.8) is 0 Å². The molecule has 0 fully saturated rings. The van der Waals surface area contributed by atoms with Crippen molar-refractivity contribution >= 4 is 5.97 Å². The molecule has 0 amide bonds. The number of ether oxygens (including phenoxy) is 1. The predicted octanol–water partition coefficient (Wildman–Crippen LogP) is 3.93. The Morgan fingerprint density at radius 1 is 1.33 bits per heavy atom. The van der Waals surface area contributed by atoms with Gasteiger partial charge in [0.25, 0.3) is 0 Å². The van der Waals surface area contributed by atoms with Gasteiger partial charge in [0.05, 0.1) is 13.0 Å². The van der Waals surface area contributed by atoms with Crippen LogP contribution in [0.5, 0.6) is 0 Å². The Labute approximate surface area is 109 Å². The zero-order valence-electron chi connectivity index (χ0n) is 11.5. The lowest BCUT2D eigenvalue weighted by atomic mass is 9.75. The van der Waals surface area contributed by atoms with Gasteiger partial charge in [-0.1, -0.05) is 30.7 Å². The second-order valence-corrected chi connectivity index (χ2v) is 5.32. The van der Waals surface area contributed by atoms with Crippen LogP contribution in [0, 0.1) is 6.92 Å². The summed E-state index contributed by atoms with van der Waals surface area (Å²) in [5.41, 5.74) is 4.06. The molecule has 18 heavy (non-hydrogen) atoms. The van der Waals surface area contributed by atoms with Gasteiger partial charge in [0.15, 0.2) is 0 Å². The number of hydrogen-bond acceptors (Lipinski definition) is 2.